The molecule has 0 amide bonds. The Morgan fingerprint density at radius 2 is 1.94 bits per heavy atom. The van der Waals surface area contributed by atoms with Crippen LogP contribution < -0.4 is 5.32 Å². The summed E-state index contributed by atoms with van der Waals surface area (Å²) < 4.78 is 38.1. The highest BCUT2D eigenvalue weighted by Gasteiger charge is 2.32. The van der Waals surface area contributed by atoms with Gasteiger partial charge in [0.25, 0.3) is 0 Å². The molecule has 2 rings (SSSR count). The van der Waals surface area contributed by atoms with Gasteiger partial charge in [-0.05, 0) is 11.6 Å². The van der Waals surface area contributed by atoms with Crippen molar-refractivity contribution in [3.8, 4) is 0 Å². The molecule has 1 N–H and O–H groups in total. The summed E-state index contributed by atoms with van der Waals surface area (Å²) in [6, 6.07) is 5.60. The molecule has 0 aliphatic rings. The molecule has 2 nitrogen and oxygen atoms in total. The topological polar surface area (TPSA) is 24.9 Å². The zero-order valence-corrected chi connectivity index (χ0v) is 10.2. The number of rotatable bonds is 4. The molecule has 0 aliphatic carbocycles. The van der Waals surface area contributed by atoms with Gasteiger partial charge in [-0.1, -0.05) is 18.2 Å². The number of aromatic nitrogens is 1. The summed E-state index contributed by atoms with van der Waals surface area (Å²) in [4.78, 5) is 4.90. The van der Waals surface area contributed by atoms with Crippen LogP contribution in [0.25, 0.3) is 0 Å². The van der Waals surface area contributed by atoms with Crippen LogP contribution in [0.1, 0.15) is 16.0 Å². The van der Waals surface area contributed by atoms with Gasteiger partial charge in [0.1, 0.15) is 0 Å². The highest BCUT2D eigenvalue weighted by atomic mass is 32.1. The van der Waals surface area contributed by atoms with Crippen LogP contribution in [-0.2, 0) is 19.3 Å². The van der Waals surface area contributed by atoms with Crippen molar-refractivity contribution in [3.63, 3.8) is 0 Å². The zero-order valence-electron chi connectivity index (χ0n) is 9.37. The van der Waals surface area contributed by atoms with E-state index in [-0.39, 0.29) is 12.1 Å². The zero-order chi connectivity index (χ0) is 13.0. The van der Waals surface area contributed by atoms with Crippen LogP contribution in [-0.4, -0.2) is 4.98 Å². The standard InChI is InChI=1S/C12H11F3N2S/c13-12(14,15)11-4-2-1-3-9(11)5-16-6-10-7-17-8-18-10/h1-4,7-8,16H,5-6H2. The number of benzene rings is 1. The van der Waals surface area contributed by atoms with Crippen LogP contribution in [0.4, 0.5) is 13.2 Å². The fourth-order valence-corrected chi connectivity index (χ4v) is 2.17. The summed E-state index contributed by atoms with van der Waals surface area (Å²) in [6.45, 7) is 0.713. The molecule has 0 bridgehead atoms. The van der Waals surface area contributed by atoms with E-state index in [1.54, 1.807) is 17.8 Å². The van der Waals surface area contributed by atoms with E-state index >= 15 is 0 Å². The molecule has 1 heterocycles. The van der Waals surface area contributed by atoms with Crippen LogP contribution >= 0.6 is 11.3 Å². The van der Waals surface area contributed by atoms with E-state index in [0.29, 0.717) is 6.54 Å². The Labute approximate surface area is 106 Å². The van der Waals surface area contributed by atoms with E-state index in [0.717, 1.165) is 10.9 Å². The Morgan fingerprint density at radius 1 is 1.17 bits per heavy atom. The fraction of sp³-hybridized carbons (Fsp3) is 0.250. The molecule has 6 heteroatoms. The largest absolute Gasteiger partial charge is 0.416 e. The quantitative estimate of drug-likeness (QED) is 0.922. The average Bonchev–Trinajstić information content (AvgIpc) is 2.81. The van der Waals surface area contributed by atoms with Gasteiger partial charge in [-0.2, -0.15) is 13.2 Å². The van der Waals surface area contributed by atoms with Crippen LogP contribution in [0.5, 0.6) is 0 Å². The van der Waals surface area contributed by atoms with Gasteiger partial charge in [-0.3, -0.25) is 4.98 Å². The van der Waals surface area contributed by atoms with Gasteiger partial charge in [0.15, 0.2) is 0 Å². The van der Waals surface area contributed by atoms with Crippen LogP contribution in [0.3, 0.4) is 0 Å². The second-order valence-corrected chi connectivity index (χ2v) is 4.70. The summed E-state index contributed by atoms with van der Waals surface area (Å²) in [5.74, 6) is 0. The van der Waals surface area contributed by atoms with Crippen molar-refractivity contribution in [2.75, 3.05) is 0 Å². The monoisotopic (exact) mass is 272 g/mol. The number of nitrogens with one attached hydrogen (secondary N) is 1. The SMILES string of the molecule is FC(F)(F)c1ccccc1CNCc1cncs1. The highest BCUT2D eigenvalue weighted by Crippen LogP contribution is 2.31. The molecule has 0 saturated carbocycles. The lowest BCUT2D eigenvalue weighted by Crippen LogP contribution is -2.16. The first-order valence-electron chi connectivity index (χ1n) is 5.30. The Kier molecular flexibility index (Phi) is 3.98. The molecule has 0 aliphatic heterocycles. The molecule has 0 radical (unpaired) electrons. The molecule has 2 aromatic rings. The maximum Gasteiger partial charge on any atom is 0.416 e. The third kappa shape index (κ3) is 3.30. The maximum absolute atomic E-state index is 12.7. The Morgan fingerprint density at radius 3 is 2.61 bits per heavy atom. The molecular formula is C12H11F3N2S. The summed E-state index contributed by atoms with van der Waals surface area (Å²) >= 11 is 1.47. The van der Waals surface area contributed by atoms with Crippen molar-refractivity contribution in [2.24, 2.45) is 0 Å². The van der Waals surface area contributed by atoms with Gasteiger partial charge >= 0.3 is 6.18 Å². The lowest BCUT2D eigenvalue weighted by molar-refractivity contribution is -0.138. The summed E-state index contributed by atoms with van der Waals surface area (Å²) in [5, 5.41) is 2.99. The van der Waals surface area contributed by atoms with Crippen molar-refractivity contribution in [3.05, 3.63) is 52.0 Å². The summed E-state index contributed by atoms with van der Waals surface area (Å²) in [6.07, 6.45) is -2.60. The molecular weight excluding hydrogens is 261 g/mol. The normalized spacial score (nSPS) is 11.7. The number of nitrogens with zero attached hydrogens (tertiary/aromatic N) is 1. The number of hydrogen-bond donors (Lipinski definition) is 1. The molecule has 0 unspecified atom stereocenters. The van der Waals surface area contributed by atoms with Gasteiger partial charge in [0.05, 0.1) is 11.1 Å². The number of alkyl halides is 3. The van der Waals surface area contributed by atoms with E-state index in [2.05, 4.69) is 10.3 Å². The van der Waals surface area contributed by atoms with Crippen molar-refractivity contribution < 1.29 is 13.2 Å². The molecule has 0 fully saturated rings. The van der Waals surface area contributed by atoms with Crippen LogP contribution in [0, 0.1) is 0 Å². The average molecular weight is 272 g/mol. The molecule has 96 valence electrons. The Balaban J connectivity index is 2.01. The van der Waals surface area contributed by atoms with E-state index in [1.807, 2.05) is 0 Å². The van der Waals surface area contributed by atoms with Crippen LogP contribution in [0.15, 0.2) is 36.0 Å². The molecule has 0 saturated heterocycles. The van der Waals surface area contributed by atoms with Crippen molar-refractivity contribution >= 4 is 11.3 Å². The van der Waals surface area contributed by atoms with Crippen LogP contribution in [0.2, 0.25) is 0 Å². The van der Waals surface area contributed by atoms with Gasteiger partial charge in [0.2, 0.25) is 0 Å². The van der Waals surface area contributed by atoms with Crippen molar-refractivity contribution in [2.45, 2.75) is 19.3 Å². The van der Waals surface area contributed by atoms with Gasteiger partial charge < -0.3 is 5.32 Å². The third-order valence-electron chi connectivity index (χ3n) is 2.42. The van der Waals surface area contributed by atoms with E-state index in [4.69, 9.17) is 0 Å². The fourth-order valence-electron chi connectivity index (χ4n) is 1.60. The predicted octanol–water partition coefficient (Wildman–Crippen LogP) is 3.45. The lowest BCUT2D eigenvalue weighted by Gasteiger charge is -2.12. The first-order chi connectivity index (χ1) is 8.57. The maximum atomic E-state index is 12.7. The van der Waals surface area contributed by atoms with E-state index in [1.165, 1.54) is 23.5 Å². The summed E-state index contributed by atoms with van der Waals surface area (Å²) in [7, 11) is 0. The second kappa shape index (κ2) is 5.49. The van der Waals surface area contributed by atoms with E-state index in [9.17, 15) is 13.2 Å². The number of thiazole rings is 1. The van der Waals surface area contributed by atoms with Gasteiger partial charge in [0, 0.05) is 24.2 Å². The van der Waals surface area contributed by atoms with E-state index < -0.39 is 11.7 Å². The first kappa shape index (κ1) is 13.0. The minimum absolute atomic E-state index is 0.188. The number of hydrogen-bond acceptors (Lipinski definition) is 3. The molecule has 0 atom stereocenters. The summed E-state index contributed by atoms with van der Waals surface area (Å²) in [5.41, 5.74) is 1.37. The molecule has 1 aromatic carbocycles. The van der Waals surface area contributed by atoms with Gasteiger partial charge in [-0.25, -0.2) is 0 Å². The second-order valence-electron chi connectivity index (χ2n) is 3.73. The predicted molar refractivity (Wildman–Crippen MR) is 64.1 cm³/mol. The Hall–Kier alpha value is -1.40. The van der Waals surface area contributed by atoms with Gasteiger partial charge in [-0.15, -0.1) is 11.3 Å². The Bertz CT molecular complexity index is 494. The highest BCUT2D eigenvalue weighted by molar-refractivity contribution is 7.09. The number of halogens is 3. The molecule has 1 aromatic heterocycles. The molecule has 18 heavy (non-hydrogen) atoms. The van der Waals surface area contributed by atoms with Crippen molar-refractivity contribution in [1.29, 1.82) is 0 Å². The third-order valence-corrected chi connectivity index (χ3v) is 3.20. The minimum atomic E-state index is -4.30. The lowest BCUT2D eigenvalue weighted by atomic mass is 10.1. The molecule has 0 spiro atoms. The van der Waals surface area contributed by atoms with Crippen molar-refractivity contribution in [1.82, 2.24) is 10.3 Å². The minimum Gasteiger partial charge on any atom is -0.308 e. The smallest absolute Gasteiger partial charge is 0.308 e. The first-order valence-corrected chi connectivity index (χ1v) is 6.18.